The van der Waals surface area contributed by atoms with Crippen LogP contribution in [0.5, 0.6) is 17.2 Å². The Hall–Kier alpha value is -3.48. The highest BCUT2D eigenvalue weighted by molar-refractivity contribution is 5.96. The van der Waals surface area contributed by atoms with Gasteiger partial charge in [0.05, 0.1) is 31.1 Å². The molecule has 1 N–H and O–H groups in total. The number of rotatable bonds is 11. The first-order valence-electron chi connectivity index (χ1n) is 10.5. The number of hydrogen-bond donors (Lipinski definition) is 1. The minimum absolute atomic E-state index is 0.180. The number of nitrogens with one attached hydrogen (secondary N) is 1. The lowest BCUT2D eigenvalue weighted by molar-refractivity contribution is 0.0950. The second-order valence-corrected chi connectivity index (χ2v) is 6.61. The third-order valence-corrected chi connectivity index (χ3v) is 4.44. The van der Waals surface area contributed by atoms with Crippen molar-refractivity contribution in [3.05, 3.63) is 60.0 Å². The molecule has 2 aromatic carbocycles. The Labute approximate surface area is 182 Å². The zero-order chi connectivity index (χ0) is 22.1. The van der Waals surface area contributed by atoms with E-state index in [1.54, 1.807) is 18.4 Å². The standard InChI is InChI=1S/C24H28N2O5/c1-4-28-20-10-8-7-9-19(20)23(27)25-14-13-18-16-31-24(26-18)17-11-12-21(29-5-2)22(15-17)30-6-3/h7-12,15-16H,4-6,13-14H2,1-3H3,(H,25,27). The lowest BCUT2D eigenvalue weighted by atomic mass is 10.2. The quantitative estimate of drug-likeness (QED) is 0.488. The van der Waals surface area contributed by atoms with Crippen molar-refractivity contribution in [2.75, 3.05) is 26.4 Å². The first kappa shape index (κ1) is 22.2. The van der Waals surface area contributed by atoms with Crippen molar-refractivity contribution in [2.24, 2.45) is 0 Å². The van der Waals surface area contributed by atoms with E-state index in [9.17, 15) is 4.79 Å². The van der Waals surface area contributed by atoms with Crippen molar-refractivity contribution < 1.29 is 23.4 Å². The van der Waals surface area contributed by atoms with Crippen molar-refractivity contribution in [1.82, 2.24) is 10.3 Å². The molecule has 0 aliphatic heterocycles. The number of carbonyl (C=O) groups is 1. The van der Waals surface area contributed by atoms with E-state index in [2.05, 4.69) is 10.3 Å². The number of ether oxygens (including phenoxy) is 3. The first-order chi connectivity index (χ1) is 15.2. The molecular formula is C24H28N2O5. The van der Waals surface area contributed by atoms with Crippen molar-refractivity contribution in [3.63, 3.8) is 0 Å². The van der Waals surface area contributed by atoms with Crippen LogP contribution in [-0.2, 0) is 6.42 Å². The molecule has 0 bridgehead atoms. The Balaban J connectivity index is 1.62. The van der Waals surface area contributed by atoms with E-state index in [0.29, 0.717) is 61.5 Å². The molecule has 1 aromatic heterocycles. The van der Waals surface area contributed by atoms with E-state index in [1.807, 2.05) is 51.1 Å². The van der Waals surface area contributed by atoms with Gasteiger partial charge in [-0.05, 0) is 51.1 Å². The summed E-state index contributed by atoms with van der Waals surface area (Å²) in [6, 6.07) is 12.8. The summed E-state index contributed by atoms with van der Waals surface area (Å²) in [7, 11) is 0. The molecule has 7 nitrogen and oxygen atoms in total. The number of oxazole rings is 1. The van der Waals surface area contributed by atoms with Crippen molar-refractivity contribution in [1.29, 1.82) is 0 Å². The van der Waals surface area contributed by atoms with Crippen LogP contribution in [0.25, 0.3) is 11.5 Å². The van der Waals surface area contributed by atoms with E-state index in [1.165, 1.54) is 0 Å². The molecule has 7 heteroatoms. The van der Waals surface area contributed by atoms with Gasteiger partial charge in [0.1, 0.15) is 12.0 Å². The number of para-hydroxylation sites is 1. The summed E-state index contributed by atoms with van der Waals surface area (Å²) < 4.78 is 22.4. The van der Waals surface area contributed by atoms with E-state index >= 15 is 0 Å². The number of aromatic nitrogens is 1. The van der Waals surface area contributed by atoms with Gasteiger partial charge in [-0.15, -0.1) is 0 Å². The highest BCUT2D eigenvalue weighted by atomic mass is 16.5. The van der Waals surface area contributed by atoms with Crippen LogP contribution in [0, 0.1) is 0 Å². The number of carbonyl (C=O) groups excluding carboxylic acids is 1. The van der Waals surface area contributed by atoms with Gasteiger partial charge in [0.15, 0.2) is 11.5 Å². The second kappa shape index (κ2) is 11.1. The number of hydrogen-bond acceptors (Lipinski definition) is 6. The highest BCUT2D eigenvalue weighted by Gasteiger charge is 2.14. The molecular weight excluding hydrogens is 396 g/mol. The predicted molar refractivity (Wildman–Crippen MR) is 118 cm³/mol. The van der Waals surface area contributed by atoms with Crippen molar-refractivity contribution in [2.45, 2.75) is 27.2 Å². The van der Waals surface area contributed by atoms with Crippen LogP contribution in [0.2, 0.25) is 0 Å². The molecule has 0 aliphatic carbocycles. The summed E-state index contributed by atoms with van der Waals surface area (Å²) in [5, 5.41) is 2.91. The van der Waals surface area contributed by atoms with Gasteiger partial charge in [0.2, 0.25) is 5.89 Å². The molecule has 3 aromatic rings. The van der Waals surface area contributed by atoms with Crippen LogP contribution in [0.1, 0.15) is 36.8 Å². The average molecular weight is 424 g/mol. The summed E-state index contributed by atoms with van der Waals surface area (Å²) in [6.45, 7) is 7.76. The van der Waals surface area contributed by atoms with Crippen LogP contribution in [0.15, 0.2) is 53.1 Å². The molecule has 0 unspecified atom stereocenters. The summed E-state index contributed by atoms with van der Waals surface area (Å²) >= 11 is 0. The minimum Gasteiger partial charge on any atom is -0.493 e. The van der Waals surface area contributed by atoms with Gasteiger partial charge in [-0.3, -0.25) is 4.79 Å². The van der Waals surface area contributed by atoms with Crippen LogP contribution >= 0.6 is 0 Å². The largest absolute Gasteiger partial charge is 0.493 e. The zero-order valence-corrected chi connectivity index (χ0v) is 18.1. The molecule has 0 aliphatic rings. The van der Waals surface area contributed by atoms with Gasteiger partial charge in [0.25, 0.3) is 5.91 Å². The molecule has 31 heavy (non-hydrogen) atoms. The molecule has 0 saturated heterocycles. The van der Waals surface area contributed by atoms with Gasteiger partial charge in [-0.2, -0.15) is 0 Å². The fourth-order valence-corrected chi connectivity index (χ4v) is 3.07. The number of benzene rings is 2. The average Bonchev–Trinajstić information content (AvgIpc) is 3.25. The van der Waals surface area contributed by atoms with E-state index in [0.717, 1.165) is 11.3 Å². The minimum atomic E-state index is -0.180. The van der Waals surface area contributed by atoms with Crippen molar-refractivity contribution >= 4 is 5.91 Å². The normalized spacial score (nSPS) is 10.5. The van der Waals surface area contributed by atoms with Crippen LogP contribution in [-0.4, -0.2) is 37.3 Å². The summed E-state index contributed by atoms with van der Waals surface area (Å²) in [6.07, 6.45) is 2.15. The van der Waals surface area contributed by atoms with Gasteiger partial charge >= 0.3 is 0 Å². The number of nitrogens with zero attached hydrogens (tertiary/aromatic N) is 1. The molecule has 1 amide bonds. The fourth-order valence-electron chi connectivity index (χ4n) is 3.07. The molecule has 0 fully saturated rings. The van der Waals surface area contributed by atoms with Gasteiger partial charge in [-0.25, -0.2) is 4.98 Å². The molecule has 3 rings (SSSR count). The lowest BCUT2D eigenvalue weighted by Crippen LogP contribution is -2.26. The van der Waals surface area contributed by atoms with Gasteiger partial charge in [-0.1, -0.05) is 12.1 Å². The molecule has 0 spiro atoms. The molecule has 0 radical (unpaired) electrons. The van der Waals surface area contributed by atoms with E-state index < -0.39 is 0 Å². The highest BCUT2D eigenvalue weighted by Crippen LogP contribution is 2.32. The third kappa shape index (κ3) is 5.78. The zero-order valence-electron chi connectivity index (χ0n) is 18.1. The Morgan fingerprint density at radius 3 is 2.42 bits per heavy atom. The molecule has 164 valence electrons. The topological polar surface area (TPSA) is 82.8 Å². The Morgan fingerprint density at radius 1 is 0.935 bits per heavy atom. The first-order valence-corrected chi connectivity index (χ1v) is 10.5. The Bertz CT molecular complexity index is 999. The maximum absolute atomic E-state index is 12.5. The molecule has 1 heterocycles. The molecule has 0 saturated carbocycles. The summed E-state index contributed by atoms with van der Waals surface area (Å²) in [5.74, 6) is 2.23. The second-order valence-electron chi connectivity index (χ2n) is 6.61. The van der Waals surface area contributed by atoms with Crippen LogP contribution in [0.4, 0.5) is 0 Å². The molecule has 0 atom stereocenters. The fraction of sp³-hybridized carbons (Fsp3) is 0.333. The van der Waals surface area contributed by atoms with Gasteiger partial charge < -0.3 is 23.9 Å². The summed E-state index contributed by atoms with van der Waals surface area (Å²) in [5.41, 5.74) is 2.07. The maximum Gasteiger partial charge on any atom is 0.255 e. The van der Waals surface area contributed by atoms with Gasteiger partial charge in [0, 0.05) is 18.5 Å². The van der Waals surface area contributed by atoms with Crippen LogP contribution < -0.4 is 19.5 Å². The smallest absolute Gasteiger partial charge is 0.255 e. The third-order valence-electron chi connectivity index (χ3n) is 4.44. The van der Waals surface area contributed by atoms with E-state index in [4.69, 9.17) is 18.6 Å². The SMILES string of the molecule is CCOc1ccc(-c2nc(CCNC(=O)c3ccccc3OCC)co2)cc1OCC. The van der Waals surface area contributed by atoms with E-state index in [-0.39, 0.29) is 5.91 Å². The monoisotopic (exact) mass is 424 g/mol. The lowest BCUT2D eigenvalue weighted by Gasteiger charge is -2.11. The van der Waals surface area contributed by atoms with Crippen molar-refractivity contribution in [3.8, 4) is 28.7 Å². The van der Waals surface area contributed by atoms with Crippen LogP contribution in [0.3, 0.4) is 0 Å². The number of amides is 1. The maximum atomic E-state index is 12.5. The summed E-state index contributed by atoms with van der Waals surface area (Å²) in [4.78, 5) is 17.0. The Morgan fingerprint density at radius 2 is 1.65 bits per heavy atom. The predicted octanol–water partition coefficient (Wildman–Crippen LogP) is 4.51. The Kier molecular flexibility index (Phi) is 7.92.